The summed E-state index contributed by atoms with van der Waals surface area (Å²) < 4.78 is 36.1. The number of alkyl halides is 3. The molecule has 104 valence electrons. The smallest absolute Gasteiger partial charge is 0.471 e. The number of halogens is 4. The summed E-state index contributed by atoms with van der Waals surface area (Å²) >= 11 is 5.63. The van der Waals surface area contributed by atoms with Gasteiger partial charge in [0.1, 0.15) is 6.04 Å². The fourth-order valence-corrected chi connectivity index (χ4v) is 1.39. The van der Waals surface area contributed by atoms with Crippen molar-refractivity contribution in [3.63, 3.8) is 0 Å². The van der Waals surface area contributed by atoms with Crippen molar-refractivity contribution < 1.29 is 27.9 Å². The standard InChI is InChI=1S/C10H8ClF3N2O3/c11-5-1-2-15-6(3-5)4-7(8(17)18)16-9(19)10(12,13)14/h1-3,7H,4H2,(H,16,19)(H,17,18)/t7-/m0/s1. The number of carboxylic acid groups (broad SMARTS) is 1. The Hall–Kier alpha value is -1.83. The number of pyridine rings is 1. The first-order valence-electron chi connectivity index (χ1n) is 4.91. The van der Waals surface area contributed by atoms with Crippen LogP contribution in [0, 0.1) is 0 Å². The first-order valence-corrected chi connectivity index (χ1v) is 5.29. The maximum absolute atomic E-state index is 12.0. The monoisotopic (exact) mass is 296 g/mol. The normalized spacial score (nSPS) is 12.8. The number of carboxylic acids is 1. The number of carbonyl (C=O) groups excluding carboxylic acids is 1. The summed E-state index contributed by atoms with van der Waals surface area (Å²) in [6, 6.07) is 0.993. The van der Waals surface area contributed by atoms with E-state index in [0.717, 1.165) is 0 Å². The number of amides is 1. The van der Waals surface area contributed by atoms with E-state index in [2.05, 4.69) is 4.98 Å². The van der Waals surface area contributed by atoms with Crippen LogP contribution in [0.25, 0.3) is 0 Å². The molecule has 0 aliphatic rings. The van der Waals surface area contributed by atoms with E-state index >= 15 is 0 Å². The van der Waals surface area contributed by atoms with Crippen molar-refractivity contribution in [3.8, 4) is 0 Å². The lowest BCUT2D eigenvalue weighted by Crippen LogP contribution is -2.48. The van der Waals surface area contributed by atoms with Gasteiger partial charge >= 0.3 is 18.1 Å². The summed E-state index contributed by atoms with van der Waals surface area (Å²) in [5, 5.41) is 10.4. The molecule has 0 aliphatic heterocycles. The van der Waals surface area contributed by atoms with Gasteiger partial charge in [0.15, 0.2) is 0 Å². The van der Waals surface area contributed by atoms with Gasteiger partial charge in [-0.2, -0.15) is 13.2 Å². The van der Waals surface area contributed by atoms with Crippen LogP contribution in [0.2, 0.25) is 5.02 Å². The van der Waals surface area contributed by atoms with E-state index in [1.54, 1.807) is 0 Å². The molecular weight excluding hydrogens is 289 g/mol. The van der Waals surface area contributed by atoms with Crippen LogP contribution in [-0.2, 0) is 16.0 Å². The second-order valence-corrected chi connectivity index (χ2v) is 3.97. The molecule has 0 fully saturated rings. The second-order valence-electron chi connectivity index (χ2n) is 3.53. The molecule has 9 heteroatoms. The minimum absolute atomic E-state index is 0.155. The van der Waals surface area contributed by atoms with E-state index < -0.39 is 30.5 Å². The fraction of sp³-hybridized carbons (Fsp3) is 0.300. The highest BCUT2D eigenvalue weighted by Gasteiger charge is 2.40. The average Bonchev–Trinajstić information content (AvgIpc) is 2.26. The van der Waals surface area contributed by atoms with Crippen molar-refractivity contribution in [1.82, 2.24) is 10.3 Å². The van der Waals surface area contributed by atoms with Crippen molar-refractivity contribution in [2.45, 2.75) is 18.6 Å². The Morgan fingerprint density at radius 2 is 2.11 bits per heavy atom. The van der Waals surface area contributed by atoms with E-state index in [0.29, 0.717) is 0 Å². The number of hydrogen-bond donors (Lipinski definition) is 2. The molecule has 0 aromatic carbocycles. The van der Waals surface area contributed by atoms with Gasteiger partial charge in [-0.1, -0.05) is 11.6 Å². The number of rotatable bonds is 4. The van der Waals surface area contributed by atoms with Crippen LogP contribution in [0.4, 0.5) is 13.2 Å². The van der Waals surface area contributed by atoms with Crippen LogP contribution < -0.4 is 5.32 Å². The number of carbonyl (C=O) groups is 2. The van der Waals surface area contributed by atoms with Crippen molar-refractivity contribution in [1.29, 1.82) is 0 Å². The van der Waals surface area contributed by atoms with E-state index in [1.807, 2.05) is 0 Å². The molecule has 19 heavy (non-hydrogen) atoms. The molecule has 1 rings (SSSR count). The molecule has 1 heterocycles. The highest BCUT2D eigenvalue weighted by molar-refractivity contribution is 6.30. The van der Waals surface area contributed by atoms with E-state index in [9.17, 15) is 22.8 Å². The molecule has 5 nitrogen and oxygen atoms in total. The zero-order valence-corrected chi connectivity index (χ0v) is 10.00. The third-order valence-electron chi connectivity index (χ3n) is 2.05. The number of aromatic nitrogens is 1. The Morgan fingerprint density at radius 1 is 1.47 bits per heavy atom. The Kier molecular flexibility index (Phi) is 4.71. The number of hydrogen-bond acceptors (Lipinski definition) is 3. The third-order valence-corrected chi connectivity index (χ3v) is 2.29. The highest BCUT2D eigenvalue weighted by Crippen LogP contribution is 2.15. The van der Waals surface area contributed by atoms with Gasteiger partial charge < -0.3 is 10.4 Å². The molecule has 0 saturated carbocycles. The molecule has 1 amide bonds. The van der Waals surface area contributed by atoms with Crippen LogP contribution in [0.5, 0.6) is 0 Å². The number of nitrogens with zero attached hydrogens (tertiary/aromatic N) is 1. The molecule has 0 spiro atoms. The van der Waals surface area contributed by atoms with Crippen LogP contribution in [0.1, 0.15) is 5.69 Å². The molecule has 0 saturated heterocycles. The van der Waals surface area contributed by atoms with Crippen LogP contribution in [-0.4, -0.2) is 34.2 Å². The van der Waals surface area contributed by atoms with Gasteiger partial charge in [0, 0.05) is 23.3 Å². The van der Waals surface area contributed by atoms with E-state index in [1.165, 1.54) is 23.6 Å². The number of aliphatic carboxylic acids is 1. The fourth-order valence-electron chi connectivity index (χ4n) is 1.21. The Labute approximate surface area is 110 Å². The van der Waals surface area contributed by atoms with Crippen LogP contribution >= 0.6 is 11.6 Å². The quantitative estimate of drug-likeness (QED) is 0.880. The van der Waals surface area contributed by atoms with Crippen molar-refractivity contribution in [3.05, 3.63) is 29.0 Å². The van der Waals surface area contributed by atoms with Gasteiger partial charge in [-0.25, -0.2) is 4.79 Å². The lowest BCUT2D eigenvalue weighted by atomic mass is 10.1. The van der Waals surface area contributed by atoms with E-state index in [-0.39, 0.29) is 10.7 Å². The molecule has 1 aromatic rings. The predicted octanol–water partition coefficient (Wildman–Crippen LogP) is 1.41. The van der Waals surface area contributed by atoms with Gasteiger partial charge in [-0.3, -0.25) is 9.78 Å². The highest BCUT2D eigenvalue weighted by atomic mass is 35.5. The topological polar surface area (TPSA) is 79.3 Å². The van der Waals surface area contributed by atoms with Gasteiger partial charge in [0.05, 0.1) is 0 Å². The summed E-state index contributed by atoms with van der Waals surface area (Å²) in [6.45, 7) is 0. The van der Waals surface area contributed by atoms with Crippen molar-refractivity contribution in [2.24, 2.45) is 0 Å². The van der Waals surface area contributed by atoms with Gasteiger partial charge in [0.2, 0.25) is 0 Å². The summed E-state index contributed by atoms with van der Waals surface area (Å²) in [6.07, 6.45) is -4.27. The molecule has 0 radical (unpaired) electrons. The average molecular weight is 297 g/mol. The van der Waals surface area contributed by atoms with E-state index in [4.69, 9.17) is 16.7 Å². The molecule has 1 aromatic heterocycles. The second kappa shape index (κ2) is 5.87. The van der Waals surface area contributed by atoms with Crippen LogP contribution in [0.3, 0.4) is 0 Å². The summed E-state index contributed by atoms with van der Waals surface area (Å²) in [5.41, 5.74) is 0.155. The minimum Gasteiger partial charge on any atom is -0.480 e. The molecule has 0 unspecified atom stereocenters. The summed E-state index contributed by atoms with van der Waals surface area (Å²) in [4.78, 5) is 25.2. The molecule has 1 atom stereocenters. The number of nitrogens with one attached hydrogen (secondary N) is 1. The Balaban J connectivity index is 2.80. The Morgan fingerprint density at radius 3 is 2.58 bits per heavy atom. The van der Waals surface area contributed by atoms with Crippen molar-refractivity contribution >= 4 is 23.5 Å². The van der Waals surface area contributed by atoms with Gasteiger partial charge in [-0.15, -0.1) is 0 Å². The maximum atomic E-state index is 12.0. The third kappa shape index (κ3) is 4.74. The van der Waals surface area contributed by atoms with Crippen molar-refractivity contribution in [2.75, 3.05) is 0 Å². The first-order chi connectivity index (χ1) is 8.70. The van der Waals surface area contributed by atoms with Crippen LogP contribution in [0.15, 0.2) is 18.3 Å². The predicted molar refractivity (Wildman–Crippen MR) is 58.6 cm³/mol. The summed E-state index contributed by atoms with van der Waals surface area (Å²) in [7, 11) is 0. The SMILES string of the molecule is O=C(O)[C@H](Cc1cc(Cl)ccn1)NC(=O)C(F)(F)F. The zero-order valence-electron chi connectivity index (χ0n) is 9.24. The minimum atomic E-state index is -5.14. The largest absolute Gasteiger partial charge is 0.480 e. The molecule has 0 aliphatic carbocycles. The lowest BCUT2D eigenvalue weighted by molar-refractivity contribution is -0.175. The van der Waals surface area contributed by atoms with Gasteiger partial charge in [0.25, 0.3) is 0 Å². The maximum Gasteiger partial charge on any atom is 0.471 e. The Bertz CT molecular complexity index is 493. The lowest BCUT2D eigenvalue weighted by Gasteiger charge is -2.15. The molecule has 2 N–H and O–H groups in total. The molecular formula is C10H8ClF3N2O3. The first kappa shape index (κ1) is 15.2. The van der Waals surface area contributed by atoms with Gasteiger partial charge in [-0.05, 0) is 12.1 Å². The molecule has 0 bridgehead atoms. The summed E-state index contributed by atoms with van der Waals surface area (Å²) in [5.74, 6) is -3.92. The zero-order chi connectivity index (χ0) is 14.6.